The van der Waals surface area contributed by atoms with E-state index in [1.54, 1.807) is 18.3 Å². The lowest BCUT2D eigenvalue weighted by atomic mass is 9.57. The normalized spacial score (nSPS) is 30.9. The van der Waals surface area contributed by atoms with E-state index in [9.17, 15) is 4.79 Å². The average molecular weight is 406 g/mol. The van der Waals surface area contributed by atoms with Crippen molar-refractivity contribution < 1.29 is 9.53 Å². The summed E-state index contributed by atoms with van der Waals surface area (Å²) in [6.07, 6.45) is 9.66. The topological polar surface area (TPSA) is 38.3 Å². The highest BCUT2D eigenvalue weighted by Gasteiger charge is 2.52. The Kier molecular flexibility index (Phi) is 5.52. The van der Waals surface area contributed by atoms with Crippen LogP contribution < -0.4 is 5.32 Å². The van der Waals surface area contributed by atoms with E-state index < -0.39 is 0 Å². The van der Waals surface area contributed by atoms with E-state index in [1.165, 1.54) is 24.8 Å². The highest BCUT2D eigenvalue weighted by molar-refractivity contribution is 6.04. The molecule has 0 aromatic heterocycles. The van der Waals surface area contributed by atoms with Gasteiger partial charge in [-0.2, -0.15) is 0 Å². The number of anilines is 1. The minimum absolute atomic E-state index is 0.00918. The Bertz CT molecular complexity index is 923. The fourth-order valence-electron chi connectivity index (χ4n) is 5.86. The fraction of sp³-hybridized carbons (Fsp3) is 0.519. The molecule has 1 aromatic rings. The number of allylic oxidation sites excluding steroid dienone is 4. The van der Waals surface area contributed by atoms with Crippen molar-refractivity contribution in [3.05, 3.63) is 64.8 Å². The molecule has 3 aliphatic carbocycles. The van der Waals surface area contributed by atoms with Crippen LogP contribution in [-0.2, 0) is 9.53 Å². The first kappa shape index (κ1) is 21.1. The molecule has 0 spiro atoms. The van der Waals surface area contributed by atoms with Crippen LogP contribution >= 0.6 is 0 Å². The summed E-state index contributed by atoms with van der Waals surface area (Å²) in [4.78, 5) is 13.1. The van der Waals surface area contributed by atoms with Crippen LogP contribution in [0.4, 0.5) is 5.69 Å². The number of nitrogens with one attached hydrogen (secondary N) is 1. The Morgan fingerprint density at radius 2 is 1.83 bits per heavy atom. The Morgan fingerprint density at radius 1 is 1.10 bits per heavy atom. The average Bonchev–Trinajstić information content (AvgIpc) is 3.00. The first-order valence-corrected chi connectivity index (χ1v) is 11.3. The molecule has 3 nitrogen and oxygen atoms in total. The number of hydrogen-bond acceptors (Lipinski definition) is 2. The second-order valence-electron chi connectivity index (χ2n) is 10.1. The Morgan fingerprint density at radius 3 is 2.50 bits per heavy atom. The lowest BCUT2D eigenvalue weighted by Crippen LogP contribution is -2.43. The molecule has 1 amide bonds. The molecule has 30 heavy (non-hydrogen) atoms. The summed E-state index contributed by atoms with van der Waals surface area (Å²) in [6.45, 7) is 9.43. The van der Waals surface area contributed by atoms with Crippen molar-refractivity contribution in [2.24, 2.45) is 16.7 Å². The number of carbonyl (C=O) groups excluding carboxylic acids is 1. The van der Waals surface area contributed by atoms with Gasteiger partial charge in [-0.1, -0.05) is 63.6 Å². The number of rotatable bonds is 4. The molecule has 1 saturated carbocycles. The maximum atomic E-state index is 13.1. The van der Waals surface area contributed by atoms with E-state index in [4.69, 9.17) is 4.74 Å². The van der Waals surface area contributed by atoms with Crippen LogP contribution in [-0.4, -0.2) is 19.1 Å². The third kappa shape index (κ3) is 3.47. The zero-order valence-electron chi connectivity index (χ0n) is 19.0. The molecule has 4 rings (SSSR count). The molecule has 1 aromatic carbocycles. The van der Waals surface area contributed by atoms with Gasteiger partial charge in [-0.3, -0.25) is 4.79 Å². The molecule has 0 radical (unpaired) electrons. The number of fused-ring (bicyclic) bond motifs is 3. The standard InChI is InChI=1S/C27H35NO2/c1-18(2)21-13-14-26(3)15-16-27(4)22(24(21)26)12-11-19(17-23(27)30-5)25(29)28-20-9-7-6-8-10-20/h6-12,18,23H,13-17H2,1-5H3,(H,28,29)/t23-,26+,27+/m0/s1. The highest BCUT2D eigenvalue weighted by Crippen LogP contribution is 2.62. The molecule has 0 saturated heterocycles. The number of para-hydroxylation sites is 1. The van der Waals surface area contributed by atoms with Gasteiger partial charge < -0.3 is 10.1 Å². The van der Waals surface area contributed by atoms with Gasteiger partial charge in [0.15, 0.2) is 0 Å². The maximum Gasteiger partial charge on any atom is 0.251 e. The molecule has 0 unspecified atom stereocenters. The van der Waals surface area contributed by atoms with Gasteiger partial charge in [0.05, 0.1) is 6.10 Å². The second kappa shape index (κ2) is 7.85. The van der Waals surface area contributed by atoms with Crippen molar-refractivity contribution in [1.29, 1.82) is 0 Å². The fourth-order valence-corrected chi connectivity index (χ4v) is 5.86. The third-order valence-electron chi connectivity index (χ3n) is 7.82. The molecule has 160 valence electrons. The van der Waals surface area contributed by atoms with Gasteiger partial charge >= 0.3 is 0 Å². The second-order valence-corrected chi connectivity index (χ2v) is 10.1. The van der Waals surface area contributed by atoms with E-state index in [0.29, 0.717) is 12.3 Å². The van der Waals surface area contributed by atoms with Crippen LogP contribution in [0.15, 0.2) is 64.8 Å². The van der Waals surface area contributed by atoms with E-state index in [1.807, 2.05) is 30.3 Å². The van der Waals surface area contributed by atoms with Crippen molar-refractivity contribution >= 4 is 11.6 Å². The van der Waals surface area contributed by atoms with Crippen molar-refractivity contribution in [3.63, 3.8) is 0 Å². The van der Waals surface area contributed by atoms with Gasteiger partial charge in [-0.15, -0.1) is 0 Å². The zero-order chi connectivity index (χ0) is 21.5. The lowest BCUT2D eigenvalue weighted by molar-refractivity contribution is -0.113. The van der Waals surface area contributed by atoms with Gasteiger partial charge in [0.1, 0.15) is 0 Å². The van der Waals surface area contributed by atoms with E-state index in [-0.39, 0.29) is 22.8 Å². The van der Waals surface area contributed by atoms with E-state index in [0.717, 1.165) is 17.7 Å². The largest absolute Gasteiger partial charge is 0.380 e. The van der Waals surface area contributed by atoms with Crippen molar-refractivity contribution in [3.8, 4) is 0 Å². The number of carbonyl (C=O) groups is 1. The van der Waals surface area contributed by atoms with Crippen LogP contribution in [0.5, 0.6) is 0 Å². The molecule has 1 N–H and O–H groups in total. The van der Waals surface area contributed by atoms with Crippen LogP contribution in [0.3, 0.4) is 0 Å². The van der Waals surface area contributed by atoms with Crippen molar-refractivity contribution in [2.75, 3.05) is 12.4 Å². The molecular weight excluding hydrogens is 370 g/mol. The Hall–Kier alpha value is -2.13. The monoisotopic (exact) mass is 405 g/mol. The van der Waals surface area contributed by atoms with Gasteiger partial charge in [0.25, 0.3) is 5.91 Å². The lowest BCUT2D eigenvalue weighted by Gasteiger charge is -2.49. The zero-order valence-corrected chi connectivity index (χ0v) is 19.0. The molecule has 3 aliphatic rings. The number of methoxy groups -OCH3 is 1. The SMILES string of the molecule is CO[C@H]1CC(C(=O)Nc2ccccc2)=CC=C2C3=C(C(C)C)CC[C@]3(C)CC[C@]21C. The summed E-state index contributed by atoms with van der Waals surface area (Å²) >= 11 is 0. The van der Waals surface area contributed by atoms with Gasteiger partial charge in [-0.05, 0) is 60.3 Å². The summed E-state index contributed by atoms with van der Waals surface area (Å²) in [6, 6.07) is 9.68. The number of amides is 1. The minimum Gasteiger partial charge on any atom is -0.380 e. The van der Waals surface area contributed by atoms with Crippen molar-refractivity contribution in [1.82, 2.24) is 0 Å². The van der Waals surface area contributed by atoms with Gasteiger partial charge in [0.2, 0.25) is 0 Å². The molecular formula is C27H35NO2. The summed E-state index contributed by atoms with van der Waals surface area (Å²) in [5.74, 6) is 0.522. The summed E-state index contributed by atoms with van der Waals surface area (Å²) in [5, 5.41) is 3.05. The summed E-state index contributed by atoms with van der Waals surface area (Å²) in [7, 11) is 1.80. The Labute approximate surface area is 181 Å². The maximum absolute atomic E-state index is 13.1. The van der Waals surface area contributed by atoms with Gasteiger partial charge in [0, 0.05) is 30.2 Å². The third-order valence-corrected chi connectivity index (χ3v) is 7.82. The Balaban J connectivity index is 1.75. The predicted octanol–water partition coefficient (Wildman–Crippen LogP) is 6.45. The van der Waals surface area contributed by atoms with Crippen LogP contribution in [0.25, 0.3) is 0 Å². The molecule has 0 heterocycles. The molecule has 0 aliphatic heterocycles. The molecule has 3 atom stereocenters. The number of ether oxygens (including phenoxy) is 1. The van der Waals surface area contributed by atoms with Gasteiger partial charge in [-0.25, -0.2) is 0 Å². The number of benzene rings is 1. The smallest absolute Gasteiger partial charge is 0.251 e. The van der Waals surface area contributed by atoms with E-state index in [2.05, 4.69) is 45.2 Å². The van der Waals surface area contributed by atoms with Crippen molar-refractivity contribution in [2.45, 2.75) is 65.9 Å². The first-order chi connectivity index (χ1) is 14.3. The van der Waals surface area contributed by atoms with Crippen LogP contribution in [0.1, 0.15) is 59.8 Å². The van der Waals surface area contributed by atoms with E-state index >= 15 is 0 Å². The van der Waals surface area contributed by atoms with Crippen LogP contribution in [0.2, 0.25) is 0 Å². The quantitative estimate of drug-likeness (QED) is 0.625. The highest BCUT2D eigenvalue weighted by atomic mass is 16.5. The first-order valence-electron chi connectivity index (χ1n) is 11.3. The molecule has 3 heteroatoms. The predicted molar refractivity (Wildman–Crippen MR) is 123 cm³/mol. The van der Waals surface area contributed by atoms with Crippen LogP contribution in [0, 0.1) is 16.7 Å². The molecule has 0 bridgehead atoms. The summed E-state index contributed by atoms with van der Waals surface area (Å²) < 4.78 is 6.07. The molecule has 1 fully saturated rings. The summed E-state index contributed by atoms with van der Waals surface area (Å²) in [5.41, 5.74) is 6.38. The minimum atomic E-state index is -0.0701. The number of hydrogen-bond donors (Lipinski definition) is 1.